The van der Waals surface area contributed by atoms with Crippen LogP contribution in [0.25, 0.3) is 0 Å². The molecular formula is C13H13IN2O. The topological polar surface area (TPSA) is 34.9 Å². The lowest BCUT2D eigenvalue weighted by Crippen LogP contribution is -2.12. The van der Waals surface area contributed by atoms with E-state index in [0.717, 1.165) is 14.7 Å². The van der Waals surface area contributed by atoms with Crippen LogP contribution in [0.2, 0.25) is 0 Å². The standard InChI is InChI=1S/C13H13IN2O/c1-9-3-4-12(10(2)5-9)13(17)8-16-7-11(14)6-15-16/h3-7H,8H2,1-2H3. The van der Waals surface area contributed by atoms with Gasteiger partial charge in [-0.15, -0.1) is 0 Å². The van der Waals surface area contributed by atoms with E-state index >= 15 is 0 Å². The molecule has 2 rings (SSSR count). The Hall–Kier alpha value is -1.17. The molecular weight excluding hydrogens is 327 g/mol. The molecule has 88 valence electrons. The van der Waals surface area contributed by atoms with Gasteiger partial charge in [0.05, 0.1) is 9.77 Å². The fourth-order valence-corrected chi connectivity index (χ4v) is 2.23. The second-order valence-corrected chi connectivity index (χ2v) is 5.34. The molecule has 0 saturated heterocycles. The first-order valence-corrected chi connectivity index (χ1v) is 6.42. The van der Waals surface area contributed by atoms with E-state index in [1.54, 1.807) is 10.9 Å². The third-order valence-corrected chi connectivity index (χ3v) is 3.15. The average Bonchev–Trinajstić information content (AvgIpc) is 2.63. The highest BCUT2D eigenvalue weighted by Gasteiger charge is 2.10. The van der Waals surface area contributed by atoms with Gasteiger partial charge in [-0.3, -0.25) is 9.48 Å². The third-order valence-electron chi connectivity index (χ3n) is 2.59. The highest BCUT2D eigenvalue weighted by molar-refractivity contribution is 14.1. The number of hydrogen-bond donors (Lipinski definition) is 0. The van der Waals surface area contributed by atoms with Crippen LogP contribution in [0.1, 0.15) is 21.5 Å². The van der Waals surface area contributed by atoms with Crippen LogP contribution >= 0.6 is 22.6 Å². The molecule has 4 heteroatoms. The number of Topliss-reactive ketones (excluding diaryl/α,β-unsaturated/α-hetero) is 1. The highest BCUT2D eigenvalue weighted by atomic mass is 127. The van der Waals surface area contributed by atoms with Gasteiger partial charge in [0.2, 0.25) is 0 Å². The Morgan fingerprint density at radius 3 is 2.76 bits per heavy atom. The molecule has 1 aromatic heterocycles. The van der Waals surface area contributed by atoms with Crippen LogP contribution in [0.15, 0.2) is 30.6 Å². The van der Waals surface area contributed by atoms with Crippen LogP contribution in [0, 0.1) is 17.4 Å². The molecule has 0 aliphatic heterocycles. The van der Waals surface area contributed by atoms with Crippen molar-refractivity contribution in [1.29, 1.82) is 0 Å². The number of carbonyl (C=O) groups excluding carboxylic acids is 1. The molecule has 0 saturated carbocycles. The summed E-state index contributed by atoms with van der Waals surface area (Å²) in [6.45, 7) is 4.29. The molecule has 0 N–H and O–H groups in total. The van der Waals surface area contributed by atoms with Gasteiger partial charge < -0.3 is 0 Å². The van der Waals surface area contributed by atoms with Crippen molar-refractivity contribution in [1.82, 2.24) is 9.78 Å². The second-order valence-electron chi connectivity index (χ2n) is 4.10. The number of aromatic nitrogens is 2. The van der Waals surface area contributed by atoms with Gasteiger partial charge in [-0.1, -0.05) is 23.8 Å². The molecule has 1 aromatic carbocycles. The Morgan fingerprint density at radius 2 is 2.18 bits per heavy atom. The zero-order valence-corrected chi connectivity index (χ0v) is 11.9. The third kappa shape index (κ3) is 2.94. The summed E-state index contributed by atoms with van der Waals surface area (Å²) in [4.78, 5) is 12.1. The number of rotatable bonds is 3. The van der Waals surface area contributed by atoms with E-state index in [0.29, 0.717) is 6.54 Å². The molecule has 0 fully saturated rings. The maximum atomic E-state index is 12.1. The van der Waals surface area contributed by atoms with Gasteiger partial charge in [-0.05, 0) is 42.0 Å². The average molecular weight is 340 g/mol. The molecule has 0 radical (unpaired) electrons. The summed E-state index contributed by atoms with van der Waals surface area (Å²) in [7, 11) is 0. The second kappa shape index (κ2) is 5.00. The first kappa shape index (κ1) is 12.3. The van der Waals surface area contributed by atoms with Gasteiger partial charge in [0.15, 0.2) is 5.78 Å². The van der Waals surface area contributed by atoms with Crippen LogP contribution < -0.4 is 0 Å². The summed E-state index contributed by atoms with van der Waals surface area (Å²) >= 11 is 2.18. The Bertz CT molecular complexity index is 560. The fraction of sp³-hybridized carbons (Fsp3) is 0.231. The van der Waals surface area contributed by atoms with Gasteiger partial charge in [0, 0.05) is 11.8 Å². The first-order valence-electron chi connectivity index (χ1n) is 5.34. The Morgan fingerprint density at radius 1 is 1.41 bits per heavy atom. The number of ketones is 1. The molecule has 0 spiro atoms. The van der Waals surface area contributed by atoms with Crippen molar-refractivity contribution in [2.75, 3.05) is 0 Å². The predicted octanol–water partition coefficient (Wildman–Crippen LogP) is 2.99. The van der Waals surface area contributed by atoms with Crippen molar-refractivity contribution >= 4 is 28.4 Å². The lowest BCUT2D eigenvalue weighted by Gasteiger charge is -2.06. The summed E-state index contributed by atoms with van der Waals surface area (Å²) < 4.78 is 2.71. The summed E-state index contributed by atoms with van der Waals surface area (Å²) in [5.41, 5.74) is 2.98. The molecule has 0 bridgehead atoms. The number of aryl methyl sites for hydroxylation is 2. The summed E-state index contributed by atoms with van der Waals surface area (Å²) in [5.74, 6) is 0.0991. The molecule has 17 heavy (non-hydrogen) atoms. The van der Waals surface area contributed by atoms with Gasteiger partial charge in [-0.25, -0.2) is 0 Å². The van der Waals surface area contributed by atoms with E-state index in [1.165, 1.54) is 5.56 Å². The molecule has 0 aliphatic rings. The van der Waals surface area contributed by atoms with Crippen LogP contribution in [0.4, 0.5) is 0 Å². The zero-order chi connectivity index (χ0) is 12.4. The Kier molecular flexibility index (Phi) is 3.61. The van der Waals surface area contributed by atoms with Crippen molar-refractivity contribution in [3.05, 3.63) is 50.9 Å². The van der Waals surface area contributed by atoms with Gasteiger partial charge in [-0.2, -0.15) is 5.10 Å². The molecule has 0 aliphatic carbocycles. The number of carbonyl (C=O) groups is 1. The Labute approximate surface area is 114 Å². The van der Waals surface area contributed by atoms with Crippen molar-refractivity contribution in [3.63, 3.8) is 0 Å². The van der Waals surface area contributed by atoms with Gasteiger partial charge >= 0.3 is 0 Å². The number of nitrogens with zero attached hydrogens (tertiary/aromatic N) is 2. The predicted molar refractivity (Wildman–Crippen MR) is 75.2 cm³/mol. The van der Waals surface area contributed by atoms with E-state index < -0.39 is 0 Å². The van der Waals surface area contributed by atoms with Crippen molar-refractivity contribution in [3.8, 4) is 0 Å². The highest BCUT2D eigenvalue weighted by Crippen LogP contribution is 2.12. The molecule has 0 atom stereocenters. The van der Waals surface area contributed by atoms with E-state index in [9.17, 15) is 4.79 Å². The van der Waals surface area contributed by atoms with Crippen LogP contribution in [0.3, 0.4) is 0 Å². The number of hydrogen-bond acceptors (Lipinski definition) is 2. The van der Waals surface area contributed by atoms with Crippen molar-refractivity contribution in [2.24, 2.45) is 0 Å². The minimum absolute atomic E-state index is 0.0991. The van der Waals surface area contributed by atoms with Crippen LogP contribution in [-0.2, 0) is 6.54 Å². The van der Waals surface area contributed by atoms with E-state index in [2.05, 4.69) is 27.7 Å². The van der Waals surface area contributed by atoms with Crippen LogP contribution in [0.5, 0.6) is 0 Å². The lowest BCUT2D eigenvalue weighted by molar-refractivity contribution is 0.0967. The smallest absolute Gasteiger partial charge is 0.184 e. The maximum absolute atomic E-state index is 12.1. The monoisotopic (exact) mass is 340 g/mol. The van der Waals surface area contributed by atoms with Crippen molar-refractivity contribution in [2.45, 2.75) is 20.4 Å². The molecule has 1 heterocycles. The van der Waals surface area contributed by atoms with E-state index in [1.807, 2.05) is 38.2 Å². The van der Waals surface area contributed by atoms with Crippen molar-refractivity contribution < 1.29 is 4.79 Å². The lowest BCUT2D eigenvalue weighted by atomic mass is 10.0. The summed E-state index contributed by atoms with van der Waals surface area (Å²) in [5, 5.41) is 4.12. The molecule has 0 unspecified atom stereocenters. The quantitative estimate of drug-likeness (QED) is 0.636. The minimum Gasteiger partial charge on any atom is -0.292 e. The van der Waals surface area contributed by atoms with Gasteiger partial charge in [0.1, 0.15) is 6.54 Å². The summed E-state index contributed by atoms with van der Waals surface area (Å²) in [6.07, 6.45) is 3.61. The minimum atomic E-state index is 0.0991. The number of benzene rings is 1. The molecule has 0 amide bonds. The Balaban J connectivity index is 2.20. The molecule has 2 aromatic rings. The first-order chi connectivity index (χ1) is 8.06. The van der Waals surface area contributed by atoms with Gasteiger partial charge in [0.25, 0.3) is 0 Å². The normalized spacial score (nSPS) is 10.5. The maximum Gasteiger partial charge on any atom is 0.184 e. The number of halogens is 1. The SMILES string of the molecule is Cc1ccc(C(=O)Cn2cc(I)cn2)c(C)c1. The largest absolute Gasteiger partial charge is 0.292 e. The fourth-order valence-electron chi connectivity index (χ4n) is 1.78. The molecule has 3 nitrogen and oxygen atoms in total. The zero-order valence-electron chi connectivity index (χ0n) is 9.77. The van der Waals surface area contributed by atoms with Crippen LogP contribution in [-0.4, -0.2) is 15.6 Å². The summed E-state index contributed by atoms with van der Waals surface area (Å²) in [6, 6.07) is 5.88. The van der Waals surface area contributed by atoms with E-state index in [-0.39, 0.29) is 5.78 Å². The van der Waals surface area contributed by atoms with E-state index in [4.69, 9.17) is 0 Å².